The third-order valence-electron chi connectivity index (χ3n) is 7.91. The predicted octanol–water partition coefficient (Wildman–Crippen LogP) is 7.98. The Balaban J connectivity index is 2.00. The summed E-state index contributed by atoms with van der Waals surface area (Å²) >= 11 is 0. The molecule has 0 saturated heterocycles. The van der Waals surface area contributed by atoms with Gasteiger partial charge in [0.25, 0.3) is 0 Å². The number of hydrogen-bond donors (Lipinski definition) is 0. The number of ether oxygens (including phenoxy) is 4. The van der Waals surface area contributed by atoms with Gasteiger partial charge in [0.2, 0.25) is 0 Å². The molecule has 49 heavy (non-hydrogen) atoms. The summed E-state index contributed by atoms with van der Waals surface area (Å²) in [5.41, 5.74) is 2.79. The normalized spacial score (nSPS) is 12.1. The zero-order valence-electron chi connectivity index (χ0n) is 27.7. The molecule has 0 radical (unpaired) electrons. The van der Waals surface area contributed by atoms with Crippen LogP contribution in [0.15, 0.2) is 134 Å². The summed E-state index contributed by atoms with van der Waals surface area (Å²) in [6.45, 7) is 20.9. The van der Waals surface area contributed by atoms with Crippen LogP contribution in [0.1, 0.15) is 49.9 Å². The van der Waals surface area contributed by atoms with E-state index in [0.717, 1.165) is 11.1 Å². The summed E-state index contributed by atoms with van der Waals surface area (Å²) in [6, 6.07) is 25.0. The van der Waals surface area contributed by atoms with Crippen LogP contribution in [0.25, 0.3) is 11.1 Å². The van der Waals surface area contributed by atoms with E-state index in [4.69, 9.17) is 18.9 Å². The Kier molecular flexibility index (Phi) is 9.35. The Bertz CT molecular complexity index is 1960. The van der Waals surface area contributed by atoms with E-state index in [9.17, 15) is 19.2 Å². The van der Waals surface area contributed by atoms with E-state index >= 15 is 0 Å². The average molecular weight is 655 g/mol. The number of carbonyl (C=O) groups excluding carboxylic acids is 4. The van der Waals surface area contributed by atoms with Crippen LogP contribution in [-0.2, 0) is 24.6 Å². The minimum atomic E-state index is -1.43. The fourth-order valence-corrected chi connectivity index (χ4v) is 5.69. The van der Waals surface area contributed by atoms with Gasteiger partial charge in [0.15, 0.2) is 23.0 Å². The summed E-state index contributed by atoms with van der Waals surface area (Å²) in [5.74, 6) is -3.32. The zero-order chi connectivity index (χ0) is 35.6. The lowest BCUT2D eigenvalue weighted by Crippen LogP contribution is -2.31. The summed E-state index contributed by atoms with van der Waals surface area (Å²) in [4.78, 5) is 52.4. The first-order chi connectivity index (χ1) is 23.3. The molecule has 0 spiro atoms. The van der Waals surface area contributed by atoms with Crippen LogP contribution in [0, 0.1) is 0 Å². The van der Waals surface area contributed by atoms with Gasteiger partial charge in [-0.2, -0.15) is 0 Å². The largest absolute Gasteiger partial charge is 0.419 e. The van der Waals surface area contributed by atoms with Crippen LogP contribution in [-0.4, -0.2) is 23.9 Å². The molecule has 0 N–H and O–H groups in total. The molecule has 0 aromatic heterocycles. The fraction of sp³-hybridized carbons (Fsp3) is 0.122. The van der Waals surface area contributed by atoms with Crippen molar-refractivity contribution in [1.29, 1.82) is 0 Å². The van der Waals surface area contributed by atoms with Crippen molar-refractivity contribution in [1.82, 2.24) is 0 Å². The van der Waals surface area contributed by atoms with Crippen molar-refractivity contribution in [3.63, 3.8) is 0 Å². The summed E-state index contributed by atoms with van der Waals surface area (Å²) in [5, 5.41) is 0. The number of para-hydroxylation sites is 2. The van der Waals surface area contributed by atoms with Crippen molar-refractivity contribution in [3.05, 3.63) is 156 Å². The molecule has 1 aliphatic rings. The SMILES string of the molecule is C=C(C)C(=O)Oc1cccc(C2(c3cccc(OC(=O)C(=C)C)c3OC(=O)C(=C)C)c3ccccc3-c3ccccc32)c1OC(=O)C(=C)C. The van der Waals surface area contributed by atoms with E-state index in [2.05, 4.69) is 26.3 Å². The first-order valence-corrected chi connectivity index (χ1v) is 15.3. The smallest absolute Gasteiger partial charge is 0.338 e. The van der Waals surface area contributed by atoms with Crippen molar-refractivity contribution in [3.8, 4) is 34.1 Å². The second kappa shape index (κ2) is 13.4. The van der Waals surface area contributed by atoms with Crippen LogP contribution in [0.5, 0.6) is 23.0 Å². The molecule has 0 bridgehead atoms. The van der Waals surface area contributed by atoms with E-state index in [-0.39, 0.29) is 45.3 Å². The number of fused-ring (bicyclic) bond motifs is 3. The average Bonchev–Trinajstić information content (AvgIpc) is 3.36. The number of hydrogen-bond acceptors (Lipinski definition) is 8. The quantitative estimate of drug-likeness (QED) is 0.0848. The Morgan fingerprint density at radius 3 is 1.08 bits per heavy atom. The van der Waals surface area contributed by atoms with Gasteiger partial charge in [0.1, 0.15) is 0 Å². The molecule has 5 rings (SSSR count). The third-order valence-corrected chi connectivity index (χ3v) is 7.91. The van der Waals surface area contributed by atoms with Crippen LogP contribution in [0.2, 0.25) is 0 Å². The van der Waals surface area contributed by atoms with E-state index < -0.39 is 29.3 Å². The topological polar surface area (TPSA) is 105 Å². The van der Waals surface area contributed by atoms with Gasteiger partial charge in [0, 0.05) is 33.4 Å². The van der Waals surface area contributed by atoms with Crippen LogP contribution in [0.4, 0.5) is 0 Å². The summed E-state index contributed by atoms with van der Waals surface area (Å²) < 4.78 is 23.6. The molecule has 4 aromatic carbocycles. The van der Waals surface area contributed by atoms with Crippen molar-refractivity contribution in [2.45, 2.75) is 33.1 Å². The van der Waals surface area contributed by atoms with Crippen LogP contribution in [0.3, 0.4) is 0 Å². The molecule has 0 unspecified atom stereocenters. The highest BCUT2D eigenvalue weighted by Gasteiger charge is 2.50. The number of rotatable bonds is 10. The van der Waals surface area contributed by atoms with Gasteiger partial charge in [0.05, 0.1) is 5.41 Å². The minimum Gasteiger partial charge on any atom is -0.419 e. The van der Waals surface area contributed by atoms with Gasteiger partial charge in [-0.25, -0.2) is 19.2 Å². The van der Waals surface area contributed by atoms with Crippen LogP contribution >= 0.6 is 0 Å². The Morgan fingerprint density at radius 1 is 0.429 bits per heavy atom. The minimum absolute atomic E-state index is 0.0633. The lowest BCUT2D eigenvalue weighted by Gasteiger charge is -2.36. The molecule has 0 atom stereocenters. The Morgan fingerprint density at radius 2 is 0.735 bits per heavy atom. The maximum absolute atomic E-state index is 13.3. The van der Waals surface area contributed by atoms with Crippen molar-refractivity contribution < 1.29 is 38.1 Å². The van der Waals surface area contributed by atoms with Crippen molar-refractivity contribution >= 4 is 23.9 Å². The van der Waals surface area contributed by atoms with E-state index in [1.54, 1.807) is 24.3 Å². The summed E-state index contributed by atoms with van der Waals surface area (Å²) in [7, 11) is 0. The molecule has 0 heterocycles. The van der Waals surface area contributed by atoms with Gasteiger partial charge in [-0.1, -0.05) is 99.1 Å². The molecule has 0 aliphatic heterocycles. The highest BCUT2D eigenvalue weighted by molar-refractivity contribution is 5.95. The first kappa shape index (κ1) is 34.1. The van der Waals surface area contributed by atoms with E-state index in [1.165, 1.54) is 39.8 Å². The van der Waals surface area contributed by atoms with Gasteiger partial charge in [-0.05, 0) is 62.1 Å². The molecule has 0 amide bonds. The molecular weight excluding hydrogens is 620 g/mol. The Labute approximate surface area is 284 Å². The molecule has 246 valence electrons. The van der Waals surface area contributed by atoms with Gasteiger partial charge < -0.3 is 18.9 Å². The fourth-order valence-electron chi connectivity index (χ4n) is 5.69. The Hall–Kier alpha value is -6.28. The number of benzene rings is 4. The molecule has 0 saturated carbocycles. The maximum atomic E-state index is 13.3. The van der Waals surface area contributed by atoms with Crippen LogP contribution < -0.4 is 18.9 Å². The lowest BCUT2D eigenvalue weighted by molar-refractivity contribution is -0.132. The van der Waals surface area contributed by atoms with Crippen molar-refractivity contribution in [2.75, 3.05) is 0 Å². The second-order valence-corrected chi connectivity index (χ2v) is 11.8. The molecular formula is C41H34O8. The highest BCUT2D eigenvalue weighted by atomic mass is 16.6. The third kappa shape index (κ3) is 6.12. The standard InChI is InChI=1S/C41H34O8/c1-23(2)37(42)46-33-21-13-19-31(35(33)48-39(44)25(5)6)41(29-17-11-9-15-27(29)28-16-10-12-18-30(28)41)32-20-14-22-34(47-38(43)24(3)4)36(32)49-40(45)26(7)8/h9-22H,1,3,5,7H2,2,4,6,8H3. The molecule has 8 nitrogen and oxygen atoms in total. The monoisotopic (exact) mass is 654 g/mol. The molecule has 8 heteroatoms. The van der Waals surface area contributed by atoms with Gasteiger partial charge >= 0.3 is 23.9 Å². The zero-order valence-corrected chi connectivity index (χ0v) is 27.7. The second-order valence-electron chi connectivity index (χ2n) is 11.8. The van der Waals surface area contributed by atoms with E-state index in [0.29, 0.717) is 22.3 Å². The maximum Gasteiger partial charge on any atom is 0.338 e. The molecule has 4 aromatic rings. The first-order valence-electron chi connectivity index (χ1n) is 15.3. The van der Waals surface area contributed by atoms with Gasteiger partial charge in [-0.15, -0.1) is 0 Å². The lowest BCUT2D eigenvalue weighted by atomic mass is 9.67. The number of esters is 4. The highest BCUT2D eigenvalue weighted by Crippen LogP contribution is 2.61. The number of carbonyl (C=O) groups is 4. The summed E-state index contributed by atoms with van der Waals surface area (Å²) in [6.07, 6.45) is 0. The molecule has 1 aliphatic carbocycles. The van der Waals surface area contributed by atoms with E-state index in [1.807, 2.05) is 48.5 Å². The van der Waals surface area contributed by atoms with Crippen molar-refractivity contribution in [2.24, 2.45) is 0 Å². The molecule has 0 fully saturated rings. The van der Waals surface area contributed by atoms with Gasteiger partial charge in [-0.3, -0.25) is 0 Å². The predicted molar refractivity (Wildman–Crippen MR) is 186 cm³/mol.